The minimum atomic E-state index is -5.01. The molecule has 1 heterocycles. The molecule has 17 heteroatoms. The van der Waals surface area contributed by atoms with Crippen LogP contribution in [-0.2, 0) is 41.0 Å². The zero-order valence-electron chi connectivity index (χ0n) is 32.7. The summed E-state index contributed by atoms with van der Waals surface area (Å²) in [6.07, 6.45) is -1.37. The molecule has 5 atom stereocenters. The molecular formula is C39H54N5O11P. The van der Waals surface area contributed by atoms with Gasteiger partial charge in [-0.05, 0) is 53.4 Å². The zero-order chi connectivity index (χ0) is 41.7. The van der Waals surface area contributed by atoms with Crippen LogP contribution in [-0.4, -0.2) is 88.1 Å². The van der Waals surface area contributed by atoms with Crippen LogP contribution in [0.4, 0.5) is 9.59 Å². The van der Waals surface area contributed by atoms with E-state index in [1.54, 1.807) is 53.8 Å². The van der Waals surface area contributed by atoms with Gasteiger partial charge >= 0.3 is 20.0 Å². The van der Waals surface area contributed by atoms with Crippen LogP contribution in [0.3, 0.4) is 0 Å². The van der Waals surface area contributed by atoms with E-state index in [0.717, 1.165) is 22.4 Å². The molecule has 0 aliphatic rings. The number of nitrogens with zero attached hydrogens (tertiary/aromatic N) is 1. The number of methoxy groups -OCH3 is 1. The van der Waals surface area contributed by atoms with Crippen LogP contribution < -0.4 is 21.3 Å². The summed E-state index contributed by atoms with van der Waals surface area (Å²) in [6.45, 7) is 9.50. The Balaban J connectivity index is 2.11. The molecule has 3 rings (SSSR count). The lowest BCUT2D eigenvalue weighted by Gasteiger charge is -2.36. The van der Waals surface area contributed by atoms with E-state index < -0.39 is 79.7 Å². The molecular weight excluding hydrogens is 745 g/mol. The fourth-order valence-electron chi connectivity index (χ4n) is 5.98. The lowest BCUT2D eigenvalue weighted by molar-refractivity contribution is -0.130. The number of benzene rings is 2. The van der Waals surface area contributed by atoms with Gasteiger partial charge < -0.3 is 45.6 Å². The van der Waals surface area contributed by atoms with Gasteiger partial charge in [-0.3, -0.25) is 19.1 Å². The lowest BCUT2D eigenvalue weighted by Crippen LogP contribution is -2.59. The Morgan fingerprint density at radius 2 is 1.32 bits per heavy atom. The molecule has 0 saturated heterocycles. The number of aromatic nitrogens is 1. The normalized spacial score (nSPS) is 14.7. The van der Waals surface area contributed by atoms with E-state index in [-0.39, 0.29) is 19.3 Å². The highest BCUT2D eigenvalue weighted by atomic mass is 31.2. The molecule has 0 saturated carbocycles. The van der Waals surface area contributed by atoms with Crippen molar-refractivity contribution in [1.82, 2.24) is 26.3 Å². The standard InChI is InChI=1S/C39H54N5O11P/c1-38(2,3)32(43-36(47)48)35(46)42-30(22-26-16-18-27(19-17-26)29-15-11-12-20-40-29)31(54-24-55-56(50,51)52)23-28(21-25-13-9-8-10-14-25)41-34(45)33(39(4,5)6)44-37(49)53-7/h8-20,28,30-33,43H,21-24H2,1-7H3,(H,41,45)(H,42,46)(H,44,49)(H,47,48)(H2,50,51,52)/t28-,30-,31-,32+,33+/m0/s1. The summed E-state index contributed by atoms with van der Waals surface area (Å²) < 4.78 is 27.2. The van der Waals surface area contributed by atoms with Gasteiger partial charge in [0, 0.05) is 17.8 Å². The first-order valence-electron chi connectivity index (χ1n) is 18.0. The largest absolute Gasteiger partial charge is 0.471 e. The third-order valence-corrected chi connectivity index (χ3v) is 9.25. The first kappa shape index (κ1) is 45.5. The Kier molecular flexibility index (Phi) is 16.5. The van der Waals surface area contributed by atoms with Crippen molar-refractivity contribution in [2.45, 2.75) is 91.1 Å². The van der Waals surface area contributed by atoms with Crippen LogP contribution in [0.1, 0.15) is 59.1 Å². The first-order chi connectivity index (χ1) is 26.2. The highest BCUT2D eigenvalue weighted by Crippen LogP contribution is 2.36. The van der Waals surface area contributed by atoms with Gasteiger partial charge in [-0.15, -0.1) is 0 Å². The average molecular weight is 800 g/mol. The predicted molar refractivity (Wildman–Crippen MR) is 208 cm³/mol. The lowest BCUT2D eigenvalue weighted by atomic mass is 9.85. The molecule has 16 nitrogen and oxygen atoms in total. The van der Waals surface area contributed by atoms with Crippen molar-refractivity contribution in [3.8, 4) is 11.3 Å². The monoisotopic (exact) mass is 799 g/mol. The van der Waals surface area contributed by atoms with Gasteiger partial charge in [-0.1, -0.05) is 102 Å². The van der Waals surface area contributed by atoms with Crippen LogP contribution in [0.25, 0.3) is 11.3 Å². The van der Waals surface area contributed by atoms with Crippen molar-refractivity contribution in [3.05, 3.63) is 90.1 Å². The quantitative estimate of drug-likeness (QED) is 0.0679. The van der Waals surface area contributed by atoms with Gasteiger partial charge in [0.1, 0.15) is 12.1 Å². The molecule has 0 fully saturated rings. The van der Waals surface area contributed by atoms with E-state index in [0.29, 0.717) is 0 Å². The summed E-state index contributed by atoms with van der Waals surface area (Å²) in [5.41, 5.74) is 1.46. The number of ether oxygens (including phenoxy) is 2. The highest BCUT2D eigenvalue weighted by molar-refractivity contribution is 7.46. The Morgan fingerprint density at radius 3 is 1.86 bits per heavy atom. The van der Waals surface area contributed by atoms with E-state index in [2.05, 4.69) is 26.3 Å². The third kappa shape index (κ3) is 15.3. The average Bonchev–Trinajstić information content (AvgIpc) is 3.11. The number of carbonyl (C=O) groups is 4. The number of phosphoric ester groups is 1. The minimum Gasteiger partial charge on any atom is -0.465 e. The molecule has 0 radical (unpaired) electrons. The van der Waals surface area contributed by atoms with E-state index in [4.69, 9.17) is 14.0 Å². The molecule has 2 aromatic carbocycles. The van der Waals surface area contributed by atoms with Crippen molar-refractivity contribution in [3.63, 3.8) is 0 Å². The number of amides is 4. The fraction of sp³-hybridized carbons (Fsp3) is 0.462. The SMILES string of the molecule is COC(=O)N[C@H](C(=O)N[C@@H](Cc1ccccc1)C[C@H](OCOP(=O)(O)O)[C@H](Cc1ccc(-c2ccccn2)cc1)NC(=O)[C@@H](NC(=O)O)C(C)(C)C)C(C)(C)C. The summed E-state index contributed by atoms with van der Waals surface area (Å²) in [6, 6.07) is 18.1. The second kappa shape index (κ2) is 20.3. The molecule has 0 aliphatic carbocycles. The van der Waals surface area contributed by atoms with Gasteiger partial charge in [0.05, 0.1) is 24.9 Å². The van der Waals surface area contributed by atoms with Crippen LogP contribution in [0.15, 0.2) is 79.0 Å². The van der Waals surface area contributed by atoms with Gasteiger partial charge in [0.2, 0.25) is 11.8 Å². The number of phosphoric acid groups is 1. The molecule has 0 spiro atoms. The van der Waals surface area contributed by atoms with Crippen molar-refractivity contribution in [1.29, 1.82) is 0 Å². The number of hydrogen-bond acceptors (Lipinski definition) is 9. The van der Waals surface area contributed by atoms with Gasteiger partial charge in [0.15, 0.2) is 6.79 Å². The number of nitrogens with one attached hydrogen (secondary N) is 4. The maximum absolute atomic E-state index is 14.0. The van der Waals surface area contributed by atoms with Crippen molar-refractivity contribution >= 4 is 31.8 Å². The number of rotatable bonds is 18. The Labute approximate surface area is 327 Å². The van der Waals surface area contributed by atoms with Crippen LogP contribution in [0.2, 0.25) is 0 Å². The smallest absolute Gasteiger partial charge is 0.465 e. The summed E-state index contributed by atoms with van der Waals surface area (Å²) in [5.74, 6) is -1.23. The number of carboxylic acid groups (broad SMARTS) is 1. The molecule has 1 aromatic heterocycles. The van der Waals surface area contributed by atoms with Gasteiger partial charge in [-0.2, -0.15) is 0 Å². The first-order valence-corrected chi connectivity index (χ1v) is 19.5. The molecule has 0 bridgehead atoms. The number of hydrogen-bond donors (Lipinski definition) is 7. The number of alkyl carbamates (subject to hydrolysis) is 1. The molecule has 7 N–H and O–H groups in total. The Bertz CT molecular complexity index is 1780. The van der Waals surface area contributed by atoms with E-state index >= 15 is 0 Å². The van der Waals surface area contributed by atoms with Crippen LogP contribution in [0.5, 0.6) is 0 Å². The second-order valence-electron chi connectivity index (χ2n) is 15.5. The predicted octanol–water partition coefficient (Wildman–Crippen LogP) is 4.80. The van der Waals surface area contributed by atoms with E-state index in [9.17, 15) is 38.6 Å². The van der Waals surface area contributed by atoms with Gasteiger partial charge in [0.25, 0.3) is 0 Å². The maximum atomic E-state index is 14.0. The minimum absolute atomic E-state index is 0.0518. The Hall–Kier alpha value is -4.86. The number of carbonyl (C=O) groups excluding carboxylic acids is 3. The number of pyridine rings is 1. The summed E-state index contributed by atoms with van der Waals surface area (Å²) in [7, 11) is -3.83. The van der Waals surface area contributed by atoms with E-state index in [1.807, 2.05) is 66.7 Å². The Morgan fingerprint density at radius 1 is 0.750 bits per heavy atom. The van der Waals surface area contributed by atoms with Gasteiger partial charge in [-0.25, -0.2) is 14.2 Å². The molecule has 56 heavy (non-hydrogen) atoms. The topological polar surface area (TPSA) is 235 Å². The molecule has 0 unspecified atom stereocenters. The summed E-state index contributed by atoms with van der Waals surface area (Å²) >= 11 is 0. The van der Waals surface area contributed by atoms with Crippen molar-refractivity contribution in [2.24, 2.45) is 10.8 Å². The van der Waals surface area contributed by atoms with E-state index in [1.165, 1.54) is 7.11 Å². The van der Waals surface area contributed by atoms with Crippen molar-refractivity contribution in [2.75, 3.05) is 13.9 Å². The highest BCUT2D eigenvalue weighted by Gasteiger charge is 2.38. The van der Waals surface area contributed by atoms with Crippen LogP contribution >= 0.6 is 7.82 Å². The molecule has 4 amide bonds. The van der Waals surface area contributed by atoms with Crippen molar-refractivity contribution < 1.29 is 52.6 Å². The maximum Gasteiger partial charge on any atom is 0.471 e. The van der Waals surface area contributed by atoms with Crippen LogP contribution in [0, 0.1) is 10.8 Å². The summed E-state index contributed by atoms with van der Waals surface area (Å²) in [5, 5.41) is 20.5. The molecule has 3 aromatic rings. The molecule has 306 valence electrons. The molecule has 0 aliphatic heterocycles. The summed E-state index contributed by atoms with van der Waals surface area (Å²) in [4.78, 5) is 75.5. The zero-order valence-corrected chi connectivity index (χ0v) is 33.6. The fourth-order valence-corrected chi connectivity index (χ4v) is 6.18. The second-order valence-corrected chi connectivity index (χ2v) is 16.7. The third-order valence-electron chi connectivity index (χ3n) is 8.81.